The van der Waals surface area contributed by atoms with Crippen LogP contribution < -0.4 is 5.32 Å². The fourth-order valence-corrected chi connectivity index (χ4v) is 4.14. The number of carbonyl (C=O) groups is 3. The third-order valence-electron chi connectivity index (χ3n) is 6.04. The number of carboxylic acid groups (broad SMARTS) is 1. The Bertz CT molecular complexity index is 742. The summed E-state index contributed by atoms with van der Waals surface area (Å²) in [6.07, 6.45) is 1.43. The van der Waals surface area contributed by atoms with Crippen molar-refractivity contribution in [2.45, 2.75) is 64.1 Å². The van der Waals surface area contributed by atoms with Crippen molar-refractivity contribution in [3.05, 3.63) is 35.9 Å². The Hall–Kier alpha value is -2.45. The summed E-state index contributed by atoms with van der Waals surface area (Å²) < 4.78 is -0.640. The molecule has 1 fully saturated rings. The maximum Gasteiger partial charge on any atom is 0.523 e. The summed E-state index contributed by atoms with van der Waals surface area (Å²) in [4.78, 5) is 38.8. The number of aliphatic hydroxyl groups is 1. The average molecular weight is 421 g/mol. The molecule has 0 aromatic heterocycles. The van der Waals surface area contributed by atoms with Crippen LogP contribution in [0.1, 0.15) is 56.3 Å². The number of benzene rings is 1. The first-order chi connectivity index (χ1) is 14.2. The van der Waals surface area contributed by atoms with E-state index in [0.29, 0.717) is 24.8 Å². The predicted octanol–water partition coefficient (Wildman–Crippen LogP) is 3.07. The molecule has 1 saturated heterocycles. The van der Waals surface area contributed by atoms with Gasteiger partial charge in [-0.1, -0.05) is 38.0 Å². The summed E-state index contributed by atoms with van der Waals surface area (Å²) in [5.41, 5.74) is 0.497. The SMILES string of the molecule is CCCCC(NC(=O)c1ccccc1)C(O)CN(C)C(=O)[N+]1(C(=O)O)CCC[C@H]1C. The van der Waals surface area contributed by atoms with Crippen molar-refractivity contribution in [2.75, 3.05) is 20.1 Å². The number of hydrogen-bond acceptors (Lipinski definition) is 4. The van der Waals surface area contributed by atoms with E-state index < -0.39 is 28.8 Å². The minimum atomic E-state index is -1.16. The zero-order valence-corrected chi connectivity index (χ0v) is 18.1. The Morgan fingerprint density at radius 3 is 2.47 bits per heavy atom. The lowest BCUT2D eigenvalue weighted by molar-refractivity contribution is -0.791. The smallest absolute Gasteiger partial charge is 0.435 e. The van der Waals surface area contributed by atoms with Gasteiger partial charge < -0.3 is 15.5 Å². The number of hydrogen-bond donors (Lipinski definition) is 3. The monoisotopic (exact) mass is 420 g/mol. The van der Waals surface area contributed by atoms with E-state index in [1.165, 1.54) is 11.9 Å². The molecule has 3 N–H and O–H groups in total. The highest BCUT2D eigenvalue weighted by Gasteiger charge is 2.54. The fourth-order valence-electron chi connectivity index (χ4n) is 4.14. The molecule has 1 aliphatic heterocycles. The number of quaternary nitrogens is 1. The lowest BCUT2D eigenvalue weighted by Gasteiger charge is -2.34. The van der Waals surface area contributed by atoms with Gasteiger partial charge in [-0.15, -0.1) is 4.48 Å². The number of amides is 4. The van der Waals surface area contributed by atoms with Crippen LogP contribution in [0, 0.1) is 0 Å². The topological polar surface area (TPSA) is 107 Å². The molecule has 4 amide bonds. The zero-order chi connectivity index (χ0) is 22.3. The van der Waals surface area contributed by atoms with Gasteiger partial charge in [-0.05, 0) is 25.5 Å². The number of likely N-dealkylation sites (N-methyl/N-ethyl adjacent to an activating group) is 1. The van der Waals surface area contributed by atoms with Crippen LogP contribution in [0.4, 0.5) is 9.59 Å². The molecule has 0 saturated carbocycles. The van der Waals surface area contributed by atoms with Crippen LogP contribution in [0.5, 0.6) is 0 Å². The molecule has 0 bridgehead atoms. The number of likely N-dealkylation sites (tertiary alicyclic amines) is 1. The van der Waals surface area contributed by atoms with Gasteiger partial charge in [-0.25, -0.2) is 4.79 Å². The molecule has 166 valence electrons. The van der Waals surface area contributed by atoms with E-state index in [2.05, 4.69) is 5.32 Å². The Morgan fingerprint density at radius 1 is 1.27 bits per heavy atom. The molecule has 1 aromatic carbocycles. The van der Waals surface area contributed by atoms with Gasteiger partial charge in [0.2, 0.25) is 0 Å². The van der Waals surface area contributed by atoms with Crippen molar-refractivity contribution >= 4 is 18.0 Å². The lowest BCUT2D eigenvalue weighted by atomic mass is 10.0. The van der Waals surface area contributed by atoms with E-state index in [1.807, 2.05) is 13.0 Å². The maximum absolute atomic E-state index is 13.1. The van der Waals surface area contributed by atoms with Crippen LogP contribution in [0.15, 0.2) is 30.3 Å². The molecule has 30 heavy (non-hydrogen) atoms. The van der Waals surface area contributed by atoms with Crippen molar-refractivity contribution in [3.63, 3.8) is 0 Å². The van der Waals surface area contributed by atoms with Crippen LogP contribution in [0.3, 0.4) is 0 Å². The van der Waals surface area contributed by atoms with E-state index in [-0.39, 0.29) is 25.0 Å². The van der Waals surface area contributed by atoms with Crippen LogP contribution in [0.25, 0.3) is 0 Å². The minimum absolute atomic E-state index is 0.0533. The molecule has 0 radical (unpaired) electrons. The number of nitrogens with zero attached hydrogens (tertiary/aromatic N) is 2. The van der Waals surface area contributed by atoms with Crippen LogP contribution in [0.2, 0.25) is 0 Å². The quantitative estimate of drug-likeness (QED) is 0.560. The number of carbonyl (C=O) groups excluding carboxylic acids is 2. The van der Waals surface area contributed by atoms with Gasteiger partial charge in [-0.2, -0.15) is 4.79 Å². The van der Waals surface area contributed by atoms with Crippen molar-refractivity contribution in [3.8, 4) is 0 Å². The summed E-state index contributed by atoms with van der Waals surface area (Å²) in [6, 6.07) is 7.37. The molecule has 1 heterocycles. The first kappa shape index (κ1) is 23.8. The van der Waals surface area contributed by atoms with E-state index in [4.69, 9.17) is 0 Å². The molecule has 0 aliphatic carbocycles. The van der Waals surface area contributed by atoms with Gasteiger partial charge in [0.05, 0.1) is 25.2 Å². The minimum Gasteiger partial charge on any atom is -0.435 e. The highest BCUT2D eigenvalue weighted by molar-refractivity contribution is 5.94. The summed E-state index contributed by atoms with van der Waals surface area (Å²) in [7, 11) is 1.51. The van der Waals surface area contributed by atoms with Gasteiger partial charge >= 0.3 is 12.1 Å². The van der Waals surface area contributed by atoms with Crippen molar-refractivity contribution < 1.29 is 29.1 Å². The summed E-state index contributed by atoms with van der Waals surface area (Å²) in [5, 5.41) is 23.5. The molecule has 4 atom stereocenters. The third-order valence-corrected chi connectivity index (χ3v) is 6.04. The Balaban J connectivity index is 2.10. The Labute approximate surface area is 178 Å². The second-order valence-electron chi connectivity index (χ2n) is 8.18. The standard InChI is InChI=1S/C22H33N3O5/c1-4-5-13-18(23-20(27)17-11-7-6-8-12-17)19(26)15-24(3)21(28)25(22(29)30)14-9-10-16(25)2/h6-8,11-12,16,18-19,26H,4-5,9-10,13-15H2,1-3H3,(H-,23,27,29,30)/p+1/t16-,18?,19?,25?/m1/s1. The van der Waals surface area contributed by atoms with Gasteiger partial charge in [0.1, 0.15) is 6.04 Å². The van der Waals surface area contributed by atoms with E-state index in [9.17, 15) is 24.6 Å². The highest BCUT2D eigenvalue weighted by atomic mass is 16.4. The van der Waals surface area contributed by atoms with E-state index >= 15 is 0 Å². The van der Waals surface area contributed by atoms with Crippen molar-refractivity contribution in [2.24, 2.45) is 0 Å². The van der Waals surface area contributed by atoms with Gasteiger partial charge in [0.25, 0.3) is 5.91 Å². The van der Waals surface area contributed by atoms with Gasteiger partial charge in [-0.3, -0.25) is 9.69 Å². The maximum atomic E-state index is 13.1. The number of imide groups is 1. The molecule has 8 heteroatoms. The normalized spacial score (nSPS) is 22.9. The average Bonchev–Trinajstić information content (AvgIpc) is 3.13. The summed E-state index contributed by atoms with van der Waals surface area (Å²) in [6.45, 7) is 3.99. The number of unbranched alkanes of at least 4 members (excludes halogenated alkanes) is 1. The third kappa shape index (κ3) is 5.17. The molecular weight excluding hydrogens is 386 g/mol. The van der Waals surface area contributed by atoms with E-state index in [1.54, 1.807) is 31.2 Å². The van der Waals surface area contributed by atoms with Crippen molar-refractivity contribution in [1.29, 1.82) is 0 Å². The van der Waals surface area contributed by atoms with Gasteiger partial charge in [0.15, 0.2) is 0 Å². The Morgan fingerprint density at radius 2 is 1.93 bits per heavy atom. The summed E-state index contributed by atoms with van der Waals surface area (Å²) in [5.74, 6) is -0.285. The zero-order valence-electron chi connectivity index (χ0n) is 18.1. The second kappa shape index (κ2) is 10.5. The number of aliphatic hydroxyl groups excluding tert-OH is 1. The van der Waals surface area contributed by atoms with Crippen LogP contribution >= 0.6 is 0 Å². The second-order valence-corrected chi connectivity index (χ2v) is 8.18. The number of nitrogens with one attached hydrogen (secondary N) is 1. The van der Waals surface area contributed by atoms with E-state index in [0.717, 1.165) is 12.8 Å². The first-order valence-electron chi connectivity index (χ1n) is 10.6. The molecule has 0 spiro atoms. The van der Waals surface area contributed by atoms with Crippen LogP contribution in [-0.4, -0.2) is 76.0 Å². The molecule has 1 aromatic rings. The Kier molecular flexibility index (Phi) is 8.37. The lowest BCUT2D eigenvalue weighted by Crippen LogP contribution is -2.63. The van der Waals surface area contributed by atoms with Crippen molar-refractivity contribution in [1.82, 2.24) is 10.2 Å². The summed E-state index contributed by atoms with van der Waals surface area (Å²) >= 11 is 0. The molecule has 1 aliphatic rings. The fraction of sp³-hybridized carbons (Fsp3) is 0.591. The highest BCUT2D eigenvalue weighted by Crippen LogP contribution is 2.29. The first-order valence-corrected chi connectivity index (χ1v) is 10.6. The molecule has 8 nitrogen and oxygen atoms in total. The van der Waals surface area contributed by atoms with Crippen LogP contribution in [-0.2, 0) is 0 Å². The largest absolute Gasteiger partial charge is 0.523 e. The number of urea groups is 1. The molecule has 2 rings (SSSR count). The number of rotatable bonds is 8. The molecular formula is C22H34N3O5+. The van der Waals surface area contributed by atoms with Gasteiger partial charge in [0, 0.05) is 25.5 Å². The predicted molar refractivity (Wildman–Crippen MR) is 113 cm³/mol. The molecule has 3 unspecified atom stereocenters.